The molecular weight excluding hydrogens is 262 g/mol. The van der Waals surface area contributed by atoms with Gasteiger partial charge in [0.2, 0.25) is 0 Å². The zero-order valence-electron chi connectivity index (χ0n) is 8.41. The lowest BCUT2D eigenvalue weighted by atomic mass is 10.3. The molecule has 5 heteroatoms. The molecular formula is C10H10BrNO3. The monoisotopic (exact) mass is 271 g/mol. The van der Waals surface area contributed by atoms with E-state index in [9.17, 15) is 0 Å². The number of aromatic nitrogens is 1. The number of hydrogen-bond acceptors (Lipinski definition) is 4. The molecule has 2 aromatic rings. The maximum Gasteiger partial charge on any atom is 0.192 e. The molecule has 0 bridgehead atoms. The van der Waals surface area contributed by atoms with Crippen molar-refractivity contribution in [2.75, 3.05) is 13.9 Å². The van der Waals surface area contributed by atoms with Crippen molar-refractivity contribution in [1.82, 2.24) is 4.98 Å². The summed E-state index contributed by atoms with van der Waals surface area (Å²) in [5.74, 6) is 1.33. The van der Waals surface area contributed by atoms with Crippen molar-refractivity contribution in [2.24, 2.45) is 0 Å². The fourth-order valence-electron chi connectivity index (χ4n) is 1.28. The molecule has 0 N–H and O–H groups in total. The standard InChI is InChI=1S/C10H10BrNO3/c1-6-12-8-4-9(14-5-13-2)7(11)3-10(8)15-6/h3-4H,5H2,1-2H3. The topological polar surface area (TPSA) is 44.5 Å². The first-order valence-corrected chi connectivity index (χ1v) is 5.18. The molecule has 4 nitrogen and oxygen atoms in total. The molecule has 0 radical (unpaired) electrons. The molecule has 0 aliphatic rings. The minimum atomic E-state index is 0.209. The molecule has 0 saturated carbocycles. The highest BCUT2D eigenvalue weighted by Crippen LogP contribution is 2.30. The third kappa shape index (κ3) is 2.13. The van der Waals surface area contributed by atoms with Gasteiger partial charge in [-0.2, -0.15) is 0 Å². The first kappa shape index (κ1) is 10.4. The maximum absolute atomic E-state index is 5.38. The van der Waals surface area contributed by atoms with E-state index in [4.69, 9.17) is 13.9 Å². The van der Waals surface area contributed by atoms with Crippen molar-refractivity contribution < 1.29 is 13.9 Å². The molecule has 0 saturated heterocycles. The van der Waals surface area contributed by atoms with E-state index in [1.807, 2.05) is 19.1 Å². The number of aryl methyl sites for hydroxylation is 1. The predicted molar refractivity (Wildman–Crippen MR) is 59.0 cm³/mol. The lowest BCUT2D eigenvalue weighted by Crippen LogP contribution is -1.99. The van der Waals surface area contributed by atoms with E-state index in [0.29, 0.717) is 11.6 Å². The van der Waals surface area contributed by atoms with Crippen LogP contribution in [0.3, 0.4) is 0 Å². The van der Waals surface area contributed by atoms with E-state index >= 15 is 0 Å². The van der Waals surface area contributed by atoms with Crippen LogP contribution in [0.5, 0.6) is 5.75 Å². The van der Waals surface area contributed by atoms with E-state index in [1.54, 1.807) is 7.11 Å². The lowest BCUT2D eigenvalue weighted by Gasteiger charge is -2.05. The van der Waals surface area contributed by atoms with Crippen LogP contribution >= 0.6 is 15.9 Å². The van der Waals surface area contributed by atoms with Crippen molar-refractivity contribution in [1.29, 1.82) is 0 Å². The highest BCUT2D eigenvalue weighted by molar-refractivity contribution is 9.10. The number of ether oxygens (including phenoxy) is 2. The largest absolute Gasteiger partial charge is 0.466 e. The van der Waals surface area contributed by atoms with Gasteiger partial charge in [0.25, 0.3) is 0 Å². The fraction of sp³-hybridized carbons (Fsp3) is 0.300. The quantitative estimate of drug-likeness (QED) is 0.806. The molecule has 0 aliphatic carbocycles. The van der Waals surface area contributed by atoms with Crippen LogP contribution in [0, 0.1) is 6.92 Å². The molecule has 1 aromatic heterocycles. The average molecular weight is 272 g/mol. The van der Waals surface area contributed by atoms with Gasteiger partial charge in [-0.25, -0.2) is 4.98 Å². The Morgan fingerprint density at radius 2 is 2.27 bits per heavy atom. The number of methoxy groups -OCH3 is 1. The molecule has 0 fully saturated rings. The van der Waals surface area contributed by atoms with E-state index in [0.717, 1.165) is 15.6 Å². The highest BCUT2D eigenvalue weighted by atomic mass is 79.9. The van der Waals surface area contributed by atoms with E-state index in [1.165, 1.54) is 0 Å². The summed E-state index contributed by atoms with van der Waals surface area (Å²) in [4.78, 5) is 4.21. The zero-order valence-corrected chi connectivity index (χ0v) is 10.00. The van der Waals surface area contributed by atoms with Gasteiger partial charge in [0.1, 0.15) is 11.3 Å². The van der Waals surface area contributed by atoms with E-state index in [-0.39, 0.29) is 6.79 Å². The van der Waals surface area contributed by atoms with E-state index in [2.05, 4.69) is 20.9 Å². The summed E-state index contributed by atoms with van der Waals surface area (Å²) >= 11 is 3.39. The van der Waals surface area contributed by atoms with Crippen LogP contribution in [0.2, 0.25) is 0 Å². The Morgan fingerprint density at radius 1 is 1.47 bits per heavy atom. The molecule has 1 heterocycles. The molecule has 0 spiro atoms. The van der Waals surface area contributed by atoms with Gasteiger partial charge in [0.05, 0.1) is 4.47 Å². The normalized spacial score (nSPS) is 10.9. The van der Waals surface area contributed by atoms with Crippen molar-refractivity contribution in [3.63, 3.8) is 0 Å². The SMILES string of the molecule is COCOc1cc2nc(C)oc2cc1Br. The Kier molecular flexibility index (Phi) is 2.93. The van der Waals surface area contributed by atoms with Gasteiger partial charge in [-0.15, -0.1) is 0 Å². The summed E-state index contributed by atoms with van der Waals surface area (Å²) in [5, 5.41) is 0. The molecule has 0 unspecified atom stereocenters. The second-order valence-corrected chi connectivity index (χ2v) is 3.89. The molecule has 80 valence electrons. The maximum atomic E-state index is 5.38. The van der Waals surface area contributed by atoms with Crippen LogP contribution < -0.4 is 4.74 Å². The first-order chi connectivity index (χ1) is 7.20. The van der Waals surface area contributed by atoms with Crippen molar-refractivity contribution >= 4 is 27.0 Å². The molecule has 2 rings (SSSR count). The number of hydrogen-bond donors (Lipinski definition) is 0. The van der Waals surface area contributed by atoms with Crippen LogP contribution in [-0.4, -0.2) is 18.9 Å². The van der Waals surface area contributed by atoms with Gasteiger partial charge in [-0.1, -0.05) is 0 Å². The Labute approximate surface area is 95.3 Å². The zero-order chi connectivity index (χ0) is 10.8. The molecule has 0 atom stereocenters. The number of fused-ring (bicyclic) bond motifs is 1. The van der Waals surface area contributed by atoms with Gasteiger partial charge in [0, 0.05) is 26.2 Å². The number of halogens is 1. The number of rotatable bonds is 3. The molecule has 15 heavy (non-hydrogen) atoms. The summed E-state index contributed by atoms with van der Waals surface area (Å²) in [6.07, 6.45) is 0. The van der Waals surface area contributed by atoms with Crippen molar-refractivity contribution in [3.05, 3.63) is 22.5 Å². The minimum Gasteiger partial charge on any atom is -0.466 e. The number of benzene rings is 1. The summed E-state index contributed by atoms with van der Waals surface area (Å²) < 4.78 is 16.4. The summed E-state index contributed by atoms with van der Waals surface area (Å²) in [6, 6.07) is 3.65. The summed E-state index contributed by atoms with van der Waals surface area (Å²) in [6.45, 7) is 2.02. The van der Waals surface area contributed by atoms with Gasteiger partial charge >= 0.3 is 0 Å². The fourth-order valence-corrected chi connectivity index (χ4v) is 1.71. The molecule has 1 aromatic carbocycles. The van der Waals surface area contributed by atoms with Crippen LogP contribution in [0.25, 0.3) is 11.1 Å². The smallest absolute Gasteiger partial charge is 0.192 e. The minimum absolute atomic E-state index is 0.209. The van der Waals surface area contributed by atoms with Crippen LogP contribution in [-0.2, 0) is 4.74 Å². The molecule has 0 amide bonds. The van der Waals surface area contributed by atoms with E-state index < -0.39 is 0 Å². The van der Waals surface area contributed by atoms with Crippen LogP contribution in [0.4, 0.5) is 0 Å². The Morgan fingerprint density at radius 3 is 3.00 bits per heavy atom. The second kappa shape index (κ2) is 4.20. The number of nitrogens with zero attached hydrogens (tertiary/aromatic N) is 1. The number of oxazole rings is 1. The Balaban J connectivity index is 2.42. The predicted octanol–water partition coefficient (Wildman–Crippen LogP) is 2.88. The van der Waals surface area contributed by atoms with Gasteiger partial charge in [-0.3, -0.25) is 0 Å². The van der Waals surface area contributed by atoms with Gasteiger partial charge in [-0.05, 0) is 15.9 Å². The molecule has 0 aliphatic heterocycles. The Bertz CT molecular complexity index is 481. The van der Waals surface area contributed by atoms with Crippen LogP contribution in [0.15, 0.2) is 21.0 Å². The summed E-state index contributed by atoms with van der Waals surface area (Å²) in [5.41, 5.74) is 1.52. The second-order valence-electron chi connectivity index (χ2n) is 3.03. The van der Waals surface area contributed by atoms with Crippen molar-refractivity contribution in [2.45, 2.75) is 6.92 Å². The third-order valence-corrected chi connectivity index (χ3v) is 2.50. The third-order valence-electron chi connectivity index (χ3n) is 1.88. The van der Waals surface area contributed by atoms with Gasteiger partial charge < -0.3 is 13.9 Å². The lowest BCUT2D eigenvalue weighted by molar-refractivity contribution is 0.0507. The average Bonchev–Trinajstić information content (AvgIpc) is 2.53. The Hall–Kier alpha value is -1.07. The van der Waals surface area contributed by atoms with Crippen molar-refractivity contribution in [3.8, 4) is 5.75 Å². The van der Waals surface area contributed by atoms with Crippen LogP contribution in [0.1, 0.15) is 5.89 Å². The first-order valence-electron chi connectivity index (χ1n) is 4.39. The van der Waals surface area contributed by atoms with Gasteiger partial charge in [0.15, 0.2) is 18.3 Å². The highest BCUT2D eigenvalue weighted by Gasteiger charge is 2.08. The summed E-state index contributed by atoms with van der Waals surface area (Å²) in [7, 11) is 1.58.